The number of rotatable bonds is 1. The van der Waals surface area contributed by atoms with E-state index in [1.165, 1.54) is 4.90 Å². The van der Waals surface area contributed by atoms with Crippen LogP contribution in [0, 0.1) is 0 Å². The fraction of sp³-hybridized carbons (Fsp3) is 0.500. The lowest BCUT2D eigenvalue weighted by Gasteiger charge is -2.40. The molecule has 13 heavy (non-hydrogen) atoms. The van der Waals surface area contributed by atoms with Crippen LogP contribution >= 0.6 is 0 Å². The number of aliphatic carboxylic acids is 1. The first-order valence-electron chi connectivity index (χ1n) is 3.98. The summed E-state index contributed by atoms with van der Waals surface area (Å²) in [6.07, 6.45) is 4.24. The number of fused-ring (bicyclic) bond motifs is 1. The van der Waals surface area contributed by atoms with Crippen molar-refractivity contribution in [2.45, 2.75) is 11.8 Å². The number of hydrogen-bond acceptors (Lipinski definition) is 2. The number of carbonyl (C=O) groups excluding carboxylic acids is 1. The standard InChI is InChI=1S/C8H9NO3S/c1-13-3-2-5(8(11)12)9-6(10)4-7(9)13/h2,7H,3-4H2,1H3/p+1/t7-,13?/m1/s1. The third kappa shape index (κ3) is 1.14. The summed E-state index contributed by atoms with van der Waals surface area (Å²) in [7, 11) is 0.129. The minimum absolute atomic E-state index is 0.0577. The Morgan fingerprint density at radius 3 is 3.00 bits per heavy atom. The largest absolute Gasteiger partial charge is 0.477 e. The molecule has 2 aliphatic rings. The molecule has 2 aliphatic heterocycles. The summed E-state index contributed by atoms with van der Waals surface area (Å²) >= 11 is 0. The Hall–Kier alpha value is -0.970. The van der Waals surface area contributed by atoms with Gasteiger partial charge in [0.2, 0.25) is 11.3 Å². The molecule has 0 spiro atoms. The Labute approximate surface area is 78.6 Å². The van der Waals surface area contributed by atoms with Gasteiger partial charge < -0.3 is 5.11 Å². The fourth-order valence-electron chi connectivity index (χ4n) is 1.61. The molecule has 2 rings (SSSR count). The van der Waals surface area contributed by atoms with Gasteiger partial charge in [-0.2, -0.15) is 0 Å². The molecule has 0 radical (unpaired) electrons. The summed E-state index contributed by atoms with van der Waals surface area (Å²) in [5.74, 6) is -0.261. The molecule has 4 nitrogen and oxygen atoms in total. The van der Waals surface area contributed by atoms with Crippen molar-refractivity contribution in [2.24, 2.45) is 0 Å². The molecular formula is C8H10NO3S+. The van der Waals surface area contributed by atoms with Gasteiger partial charge in [-0.1, -0.05) is 0 Å². The molecule has 0 aromatic carbocycles. The van der Waals surface area contributed by atoms with E-state index in [9.17, 15) is 9.59 Å². The van der Waals surface area contributed by atoms with Gasteiger partial charge in [0.1, 0.15) is 11.4 Å². The summed E-state index contributed by atoms with van der Waals surface area (Å²) < 4.78 is 0. The van der Waals surface area contributed by atoms with Gasteiger partial charge in [-0.05, 0) is 6.08 Å². The van der Waals surface area contributed by atoms with Crippen LogP contribution < -0.4 is 0 Å². The summed E-state index contributed by atoms with van der Waals surface area (Å²) in [5.41, 5.74) is 0.173. The molecule has 0 aliphatic carbocycles. The molecule has 2 atom stereocenters. The van der Waals surface area contributed by atoms with Crippen LogP contribution in [0.4, 0.5) is 0 Å². The predicted molar refractivity (Wildman–Crippen MR) is 49.1 cm³/mol. The second kappa shape index (κ2) is 2.77. The molecule has 1 unspecified atom stereocenters. The van der Waals surface area contributed by atoms with Crippen LogP contribution in [0.1, 0.15) is 6.42 Å². The van der Waals surface area contributed by atoms with E-state index in [0.29, 0.717) is 6.42 Å². The van der Waals surface area contributed by atoms with Crippen molar-refractivity contribution in [1.82, 2.24) is 4.90 Å². The zero-order valence-electron chi connectivity index (χ0n) is 7.19. The number of carboxylic acids is 1. The molecule has 1 saturated heterocycles. The third-order valence-electron chi connectivity index (χ3n) is 2.39. The molecule has 2 heterocycles. The smallest absolute Gasteiger partial charge is 0.352 e. The van der Waals surface area contributed by atoms with Gasteiger partial charge in [-0.15, -0.1) is 0 Å². The highest BCUT2D eigenvalue weighted by atomic mass is 32.2. The van der Waals surface area contributed by atoms with Crippen LogP contribution in [0.2, 0.25) is 0 Å². The highest BCUT2D eigenvalue weighted by molar-refractivity contribution is 7.97. The van der Waals surface area contributed by atoms with Crippen molar-refractivity contribution in [3.8, 4) is 0 Å². The minimum Gasteiger partial charge on any atom is -0.477 e. The van der Waals surface area contributed by atoms with Gasteiger partial charge in [0.05, 0.1) is 12.7 Å². The Morgan fingerprint density at radius 1 is 1.77 bits per heavy atom. The number of β-lactam (4-membered cyclic amide) rings is 1. The number of carboxylic acid groups (broad SMARTS) is 1. The zero-order chi connectivity index (χ0) is 9.59. The fourth-order valence-corrected chi connectivity index (χ4v) is 3.27. The molecule has 1 N–H and O–H groups in total. The van der Waals surface area contributed by atoms with E-state index < -0.39 is 5.97 Å². The molecule has 1 amide bonds. The van der Waals surface area contributed by atoms with E-state index in [1.807, 2.05) is 0 Å². The summed E-state index contributed by atoms with van der Waals surface area (Å²) in [6, 6.07) is 0. The van der Waals surface area contributed by atoms with Gasteiger partial charge in [0.25, 0.3) is 0 Å². The maximum atomic E-state index is 11.2. The summed E-state index contributed by atoms with van der Waals surface area (Å²) in [5, 5.41) is 8.96. The maximum Gasteiger partial charge on any atom is 0.352 e. The third-order valence-corrected chi connectivity index (χ3v) is 4.39. The molecule has 1 fully saturated rings. The van der Waals surface area contributed by atoms with Crippen molar-refractivity contribution >= 4 is 22.8 Å². The van der Waals surface area contributed by atoms with E-state index in [4.69, 9.17) is 5.11 Å². The van der Waals surface area contributed by atoms with Gasteiger partial charge in [-0.25, -0.2) is 4.79 Å². The molecule has 0 bridgehead atoms. The summed E-state index contributed by atoms with van der Waals surface area (Å²) in [6.45, 7) is 0. The van der Waals surface area contributed by atoms with E-state index in [-0.39, 0.29) is 27.9 Å². The average Bonchev–Trinajstić information content (AvgIpc) is 2.05. The molecular weight excluding hydrogens is 190 g/mol. The zero-order valence-corrected chi connectivity index (χ0v) is 8.00. The van der Waals surface area contributed by atoms with Gasteiger partial charge >= 0.3 is 5.97 Å². The van der Waals surface area contributed by atoms with Crippen molar-refractivity contribution < 1.29 is 14.7 Å². The van der Waals surface area contributed by atoms with Gasteiger partial charge in [0, 0.05) is 10.9 Å². The average molecular weight is 200 g/mol. The first kappa shape index (κ1) is 8.62. The highest BCUT2D eigenvalue weighted by Crippen LogP contribution is 2.33. The number of nitrogens with zero attached hydrogens (tertiary/aromatic N) is 1. The first-order chi connectivity index (χ1) is 6.11. The molecule has 0 saturated carbocycles. The van der Waals surface area contributed by atoms with Crippen LogP contribution in [-0.2, 0) is 20.5 Å². The van der Waals surface area contributed by atoms with Crippen LogP contribution in [0.25, 0.3) is 0 Å². The molecule has 0 aromatic rings. The van der Waals surface area contributed by atoms with Crippen LogP contribution in [-0.4, -0.2) is 39.3 Å². The molecule has 0 aromatic heterocycles. The van der Waals surface area contributed by atoms with E-state index >= 15 is 0 Å². The Balaban J connectivity index is 2.29. The van der Waals surface area contributed by atoms with Crippen LogP contribution in [0.5, 0.6) is 0 Å². The lowest BCUT2D eigenvalue weighted by molar-refractivity contribution is -0.146. The SMILES string of the molecule is C[S+]1CC=C(C(=O)O)N2C(=O)C[C@H]21. The van der Waals surface area contributed by atoms with E-state index in [2.05, 4.69) is 6.26 Å². The Kier molecular flexibility index (Phi) is 1.83. The number of carbonyl (C=O) groups is 2. The second-order valence-corrected chi connectivity index (χ2v) is 5.43. The topological polar surface area (TPSA) is 57.6 Å². The van der Waals surface area contributed by atoms with Crippen molar-refractivity contribution in [3.05, 3.63) is 11.8 Å². The lowest BCUT2D eigenvalue weighted by Crippen LogP contribution is -2.59. The van der Waals surface area contributed by atoms with Crippen molar-refractivity contribution in [3.63, 3.8) is 0 Å². The molecule has 70 valence electrons. The monoisotopic (exact) mass is 200 g/mol. The normalized spacial score (nSPS) is 31.9. The van der Waals surface area contributed by atoms with Crippen molar-refractivity contribution in [2.75, 3.05) is 12.0 Å². The summed E-state index contributed by atoms with van der Waals surface area (Å²) in [4.78, 5) is 23.3. The van der Waals surface area contributed by atoms with Gasteiger partial charge in [0.15, 0.2) is 0 Å². The number of amides is 1. The first-order valence-corrected chi connectivity index (χ1v) is 5.84. The Bertz CT molecular complexity index is 313. The molecule has 5 heteroatoms. The predicted octanol–water partition coefficient (Wildman–Crippen LogP) is -0.225. The van der Waals surface area contributed by atoms with Crippen molar-refractivity contribution in [1.29, 1.82) is 0 Å². The second-order valence-electron chi connectivity index (χ2n) is 3.17. The van der Waals surface area contributed by atoms with E-state index in [1.54, 1.807) is 6.08 Å². The lowest BCUT2D eigenvalue weighted by atomic mass is 10.1. The van der Waals surface area contributed by atoms with Gasteiger partial charge in [-0.3, -0.25) is 9.69 Å². The van der Waals surface area contributed by atoms with Crippen LogP contribution in [0.3, 0.4) is 0 Å². The quantitative estimate of drug-likeness (QED) is 0.470. The van der Waals surface area contributed by atoms with E-state index in [0.717, 1.165) is 5.75 Å². The Morgan fingerprint density at radius 2 is 2.46 bits per heavy atom. The number of hydrogen-bond donors (Lipinski definition) is 1. The minimum atomic E-state index is -0.991. The van der Waals surface area contributed by atoms with Crippen LogP contribution in [0.15, 0.2) is 11.8 Å². The maximum absolute atomic E-state index is 11.2. The highest BCUT2D eigenvalue weighted by Gasteiger charge is 2.51.